The molecule has 1 aliphatic heterocycles. The van der Waals surface area contributed by atoms with Gasteiger partial charge in [0.25, 0.3) is 6.02 Å². The summed E-state index contributed by atoms with van der Waals surface area (Å²) in [6, 6.07) is 0.451. The van der Waals surface area contributed by atoms with Crippen molar-refractivity contribution in [3.05, 3.63) is 0 Å². The maximum absolute atomic E-state index is 5.37. The molecular weight excluding hydrogens is 156 g/mol. The second-order valence-electron chi connectivity index (χ2n) is 3.60. The fourth-order valence-electron chi connectivity index (χ4n) is 1.19. The molecule has 1 aliphatic rings. The van der Waals surface area contributed by atoms with Crippen LogP contribution in [0.2, 0.25) is 0 Å². The average molecular weight is 172 g/mol. The van der Waals surface area contributed by atoms with Crippen LogP contribution in [0.4, 0.5) is 0 Å². The van der Waals surface area contributed by atoms with Gasteiger partial charge in [-0.1, -0.05) is 0 Å². The van der Waals surface area contributed by atoms with Crippen molar-refractivity contribution in [2.45, 2.75) is 31.9 Å². The maximum atomic E-state index is 5.37. The van der Waals surface area contributed by atoms with E-state index in [0.29, 0.717) is 12.6 Å². The molecule has 12 heavy (non-hydrogen) atoms. The van der Waals surface area contributed by atoms with Crippen LogP contribution in [-0.2, 0) is 9.47 Å². The van der Waals surface area contributed by atoms with Gasteiger partial charge < -0.3 is 15.2 Å². The quantitative estimate of drug-likeness (QED) is 0.675. The zero-order valence-electron chi connectivity index (χ0n) is 7.83. The number of aliphatic imine (C=N–C) groups is 1. The zero-order valence-corrected chi connectivity index (χ0v) is 7.83. The van der Waals surface area contributed by atoms with Gasteiger partial charge in [-0.15, -0.1) is 0 Å². The SMILES string of the molecule is COC(C)(C)CC1COC(N)=N1. The van der Waals surface area contributed by atoms with Crippen LogP contribution in [0.25, 0.3) is 0 Å². The molecule has 1 unspecified atom stereocenters. The van der Waals surface area contributed by atoms with Gasteiger partial charge >= 0.3 is 0 Å². The molecule has 4 heteroatoms. The molecule has 1 heterocycles. The molecule has 0 fully saturated rings. The van der Waals surface area contributed by atoms with Crippen molar-refractivity contribution in [1.82, 2.24) is 0 Å². The lowest BCUT2D eigenvalue weighted by molar-refractivity contribution is 0.00858. The van der Waals surface area contributed by atoms with Crippen LogP contribution in [0.3, 0.4) is 0 Å². The minimum Gasteiger partial charge on any atom is -0.463 e. The predicted molar refractivity (Wildman–Crippen MR) is 47.1 cm³/mol. The number of hydrogen-bond acceptors (Lipinski definition) is 4. The van der Waals surface area contributed by atoms with E-state index in [2.05, 4.69) is 4.99 Å². The molecule has 0 aromatic carbocycles. The van der Waals surface area contributed by atoms with Gasteiger partial charge in [0.15, 0.2) is 0 Å². The van der Waals surface area contributed by atoms with E-state index in [1.807, 2.05) is 13.8 Å². The Morgan fingerprint density at radius 3 is 2.83 bits per heavy atom. The Kier molecular flexibility index (Phi) is 2.57. The summed E-state index contributed by atoms with van der Waals surface area (Å²) in [5, 5.41) is 0. The van der Waals surface area contributed by atoms with Gasteiger partial charge in [-0.05, 0) is 13.8 Å². The summed E-state index contributed by atoms with van der Waals surface area (Å²) in [5.41, 5.74) is 5.22. The highest BCUT2D eigenvalue weighted by molar-refractivity contribution is 5.73. The Morgan fingerprint density at radius 2 is 2.42 bits per heavy atom. The van der Waals surface area contributed by atoms with E-state index in [4.69, 9.17) is 15.2 Å². The van der Waals surface area contributed by atoms with Crippen LogP contribution >= 0.6 is 0 Å². The molecule has 0 aromatic rings. The molecule has 0 aromatic heterocycles. The van der Waals surface area contributed by atoms with E-state index in [1.54, 1.807) is 7.11 Å². The highest BCUT2D eigenvalue weighted by Gasteiger charge is 2.26. The molecule has 2 N–H and O–H groups in total. The van der Waals surface area contributed by atoms with Gasteiger partial charge in [-0.2, -0.15) is 0 Å². The minimum absolute atomic E-state index is 0.151. The molecule has 4 nitrogen and oxygen atoms in total. The van der Waals surface area contributed by atoms with Crippen LogP contribution in [0.5, 0.6) is 0 Å². The number of nitrogens with zero attached hydrogens (tertiary/aromatic N) is 1. The first-order chi connectivity index (χ1) is 5.53. The molecule has 0 saturated heterocycles. The lowest BCUT2D eigenvalue weighted by Gasteiger charge is -2.24. The fourth-order valence-corrected chi connectivity index (χ4v) is 1.19. The Labute approximate surface area is 72.8 Å². The van der Waals surface area contributed by atoms with Crippen LogP contribution in [-0.4, -0.2) is 31.4 Å². The first-order valence-corrected chi connectivity index (χ1v) is 4.05. The van der Waals surface area contributed by atoms with E-state index in [-0.39, 0.29) is 11.6 Å². The number of rotatable bonds is 3. The van der Waals surface area contributed by atoms with Crippen molar-refractivity contribution in [1.29, 1.82) is 0 Å². The van der Waals surface area contributed by atoms with Gasteiger partial charge in [0.1, 0.15) is 6.61 Å². The third kappa shape index (κ3) is 2.37. The molecule has 1 rings (SSSR count). The summed E-state index contributed by atoms with van der Waals surface area (Å²) >= 11 is 0. The largest absolute Gasteiger partial charge is 0.463 e. The van der Waals surface area contributed by atoms with Gasteiger partial charge in [0.05, 0.1) is 11.6 Å². The van der Waals surface area contributed by atoms with Crippen molar-refractivity contribution in [2.24, 2.45) is 10.7 Å². The minimum atomic E-state index is -0.151. The second kappa shape index (κ2) is 3.31. The van der Waals surface area contributed by atoms with E-state index >= 15 is 0 Å². The number of nitrogens with two attached hydrogens (primary N) is 1. The molecule has 0 saturated carbocycles. The van der Waals surface area contributed by atoms with E-state index in [1.165, 1.54) is 0 Å². The van der Waals surface area contributed by atoms with E-state index in [0.717, 1.165) is 6.42 Å². The van der Waals surface area contributed by atoms with Gasteiger partial charge in [0.2, 0.25) is 0 Å². The number of ether oxygens (including phenoxy) is 2. The third-order valence-electron chi connectivity index (χ3n) is 2.01. The van der Waals surface area contributed by atoms with Crippen LogP contribution in [0.15, 0.2) is 4.99 Å². The number of methoxy groups -OCH3 is 1. The molecule has 0 aliphatic carbocycles. The normalized spacial score (nSPS) is 23.6. The standard InChI is InChI=1S/C8H16N2O2/c1-8(2,11-3)4-6-5-12-7(9)10-6/h6H,4-5H2,1-3H3,(H2,9,10). The Bertz CT molecular complexity index is 189. The summed E-state index contributed by atoms with van der Waals surface area (Å²) in [5.74, 6) is 0. The first kappa shape index (κ1) is 9.32. The summed E-state index contributed by atoms with van der Waals surface area (Å²) in [4.78, 5) is 4.11. The highest BCUT2D eigenvalue weighted by atomic mass is 16.5. The Hall–Kier alpha value is -0.770. The highest BCUT2D eigenvalue weighted by Crippen LogP contribution is 2.19. The maximum Gasteiger partial charge on any atom is 0.282 e. The van der Waals surface area contributed by atoms with Gasteiger partial charge in [-0.25, -0.2) is 4.99 Å². The second-order valence-corrected chi connectivity index (χ2v) is 3.60. The lowest BCUT2D eigenvalue weighted by Crippen LogP contribution is -2.28. The van der Waals surface area contributed by atoms with Crippen molar-refractivity contribution in [3.8, 4) is 0 Å². The van der Waals surface area contributed by atoms with Crippen molar-refractivity contribution < 1.29 is 9.47 Å². The van der Waals surface area contributed by atoms with Crippen molar-refractivity contribution >= 4 is 6.02 Å². The molecule has 1 atom stereocenters. The summed E-state index contributed by atoms with van der Waals surface area (Å²) < 4.78 is 10.3. The molecule has 0 bridgehead atoms. The fraction of sp³-hybridized carbons (Fsp3) is 0.875. The monoisotopic (exact) mass is 172 g/mol. The summed E-state index contributed by atoms with van der Waals surface area (Å²) in [6.07, 6.45) is 0.838. The van der Waals surface area contributed by atoms with Gasteiger partial charge in [-0.3, -0.25) is 0 Å². The van der Waals surface area contributed by atoms with Crippen LogP contribution in [0.1, 0.15) is 20.3 Å². The van der Waals surface area contributed by atoms with Crippen LogP contribution in [0, 0.1) is 0 Å². The third-order valence-corrected chi connectivity index (χ3v) is 2.01. The number of amidine groups is 1. The number of hydrogen-bond donors (Lipinski definition) is 1. The predicted octanol–water partition coefficient (Wildman–Crippen LogP) is 0.515. The lowest BCUT2D eigenvalue weighted by atomic mass is 10.00. The zero-order chi connectivity index (χ0) is 9.19. The summed E-state index contributed by atoms with van der Waals surface area (Å²) in [7, 11) is 1.70. The topological polar surface area (TPSA) is 56.8 Å². The van der Waals surface area contributed by atoms with Gasteiger partial charge in [0, 0.05) is 13.5 Å². The van der Waals surface area contributed by atoms with Crippen molar-refractivity contribution in [3.63, 3.8) is 0 Å². The molecular formula is C8H16N2O2. The van der Waals surface area contributed by atoms with Crippen molar-refractivity contribution in [2.75, 3.05) is 13.7 Å². The van der Waals surface area contributed by atoms with E-state index < -0.39 is 0 Å². The van der Waals surface area contributed by atoms with Crippen LogP contribution < -0.4 is 5.73 Å². The Balaban J connectivity index is 2.42. The smallest absolute Gasteiger partial charge is 0.282 e. The Morgan fingerprint density at radius 1 is 1.75 bits per heavy atom. The molecule has 0 spiro atoms. The summed E-state index contributed by atoms with van der Waals surface area (Å²) in [6.45, 7) is 4.63. The molecule has 70 valence electrons. The average Bonchev–Trinajstić information content (AvgIpc) is 2.35. The molecule has 0 radical (unpaired) electrons. The van der Waals surface area contributed by atoms with E-state index in [9.17, 15) is 0 Å². The first-order valence-electron chi connectivity index (χ1n) is 4.05. The molecule has 0 amide bonds.